The van der Waals surface area contributed by atoms with Crippen molar-refractivity contribution in [1.82, 2.24) is 4.57 Å². The predicted octanol–water partition coefficient (Wildman–Crippen LogP) is 10.2. The number of hydrogen-bond acceptors (Lipinski definition) is 1. The Balaban J connectivity index is 1.10. The molecule has 0 saturated heterocycles. The van der Waals surface area contributed by atoms with Crippen molar-refractivity contribution in [2.24, 2.45) is 0 Å². The number of nitrogens with one attached hydrogen (secondary N) is 1. The highest BCUT2D eigenvalue weighted by Gasteiger charge is 2.35. The summed E-state index contributed by atoms with van der Waals surface area (Å²) in [5, 5.41) is 4.99. The summed E-state index contributed by atoms with van der Waals surface area (Å²) in [6.07, 6.45) is 4.48. The van der Waals surface area contributed by atoms with Gasteiger partial charge in [0.1, 0.15) is 0 Å². The molecule has 0 amide bonds. The molecule has 1 N–H and O–H groups in total. The molecule has 0 saturated carbocycles. The van der Waals surface area contributed by atoms with Crippen molar-refractivity contribution >= 4 is 33.9 Å². The number of rotatable bonds is 4. The Bertz CT molecular complexity index is 1970. The topological polar surface area (TPSA) is 17.0 Å². The number of benzene rings is 5. The van der Waals surface area contributed by atoms with Crippen LogP contribution in [-0.4, -0.2) is 4.57 Å². The minimum absolute atomic E-state index is 0.00339. The number of allylic oxidation sites excluding steroid dienone is 1. The van der Waals surface area contributed by atoms with E-state index in [1.54, 1.807) is 0 Å². The van der Waals surface area contributed by atoms with Crippen molar-refractivity contribution in [3.05, 3.63) is 149 Å². The molecular formula is C39H32N2. The van der Waals surface area contributed by atoms with Gasteiger partial charge < -0.3 is 9.88 Å². The zero-order valence-corrected chi connectivity index (χ0v) is 23.5. The lowest BCUT2D eigenvalue weighted by Gasteiger charge is -2.22. The van der Waals surface area contributed by atoms with E-state index in [-0.39, 0.29) is 5.41 Å². The van der Waals surface area contributed by atoms with Crippen molar-refractivity contribution < 1.29 is 0 Å². The Morgan fingerprint density at radius 3 is 2.20 bits per heavy atom. The summed E-state index contributed by atoms with van der Waals surface area (Å²) in [6.45, 7) is 4.66. The van der Waals surface area contributed by atoms with E-state index in [1.165, 1.54) is 61.2 Å². The number of fused-ring (bicyclic) bond motifs is 6. The van der Waals surface area contributed by atoms with Crippen LogP contribution in [0.15, 0.2) is 121 Å². The Kier molecular flexibility index (Phi) is 5.33. The van der Waals surface area contributed by atoms with Gasteiger partial charge in [-0.2, -0.15) is 0 Å². The number of anilines is 2. The van der Waals surface area contributed by atoms with E-state index >= 15 is 0 Å². The number of para-hydroxylation sites is 2. The lowest BCUT2D eigenvalue weighted by Crippen LogP contribution is -2.15. The maximum Gasteiger partial charge on any atom is 0.0537 e. The molecule has 0 fully saturated rings. The molecule has 1 aromatic heterocycles. The molecule has 2 aliphatic carbocycles. The number of nitrogens with zero attached hydrogens (tertiary/aromatic N) is 1. The second kappa shape index (κ2) is 9.11. The zero-order valence-electron chi connectivity index (χ0n) is 23.5. The summed E-state index contributed by atoms with van der Waals surface area (Å²) in [5.74, 6) is 0. The third-order valence-electron chi connectivity index (χ3n) is 9.11. The predicted molar refractivity (Wildman–Crippen MR) is 173 cm³/mol. The first kappa shape index (κ1) is 24.0. The Morgan fingerprint density at radius 1 is 0.634 bits per heavy atom. The summed E-state index contributed by atoms with van der Waals surface area (Å²) >= 11 is 0. The minimum Gasteiger partial charge on any atom is -0.356 e. The van der Waals surface area contributed by atoms with E-state index in [0.29, 0.717) is 0 Å². The largest absolute Gasteiger partial charge is 0.356 e. The molecule has 8 rings (SSSR count). The average molecular weight is 529 g/mol. The standard InChI is InChI=1S/C39H32N2/c1-39(2)35-14-8-6-12-31(35)32-22-21-29(25-36(32)39)40-28-19-16-26(17-20-28)27-18-23-38-34(24-27)33-13-7-9-15-37(33)41(38)30-10-4-3-5-11-30/h3-17,19-22,24-25,40H,18,23H2,1-2H3. The molecule has 6 aromatic rings. The third-order valence-corrected chi connectivity index (χ3v) is 9.11. The third kappa shape index (κ3) is 3.78. The highest BCUT2D eigenvalue weighted by Crippen LogP contribution is 2.49. The summed E-state index contributed by atoms with van der Waals surface area (Å²) in [7, 11) is 0. The molecule has 41 heavy (non-hydrogen) atoms. The maximum atomic E-state index is 3.67. The fraction of sp³-hybridized carbons (Fsp3) is 0.128. The summed E-state index contributed by atoms with van der Waals surface area (Å²) in [4.78, 5) is 0. The molecule has 2 aliphatic rings. The van der Waals surface area contributed by atoms with Gasteiger partial charge in [-0.3, -0.25) is 0 Å². The molecule has 0 unspecified atom stereocenters. The highest BCUT2D eigenvalue weighted by molar-refractivity contribution is 5.99. The Labute approximate surface area is 241 Å². The van der Waals surface area contributed by atoms with Gasteiger partial charge in [0.25, 0.3) is 0 Å². The van der Waals surface area contributed by atoms with Crippen LogP contribution in [0, 0.1) is 0 Å². The zero-order chi connectivity index (χ0) is 27.6. The van der Waals surface area contributed by atoms with Gasteiger partial charge in [-0.15, -0.1) is 0 Å². The summed E-state index contributed by atoms with van der Waals surface area (Å²) < 4.78 is 2.45. The van der Waals surface area contributed by atoms with E-state index in [1.807, 2.05) is 0 Å². The van der Waals surface area contributed by atoms with Crippen LogP contribution in [0.1, 0.15) is 48.2 Å². The maximum absolute atomic E-state index is 3.67. The van der Waals surface area contributed by atoms with Crippen LogP contribution in [-0.2, 0) is 11.8 Å². The van der Waals surface area contributed by atoms with E-state index in [0.717, 1.165) is 24.2 Å². The Morgan fingerprint density at radius 2 is 1.34 bits per heavy atom. The number of hydrogen-bond donors (Lipinski definition) is 1. The van der Waals surface area contributed by atoms with Crippen LogP contribution >= 0.6 is 0 Å². The highest BCUT2D eigenvalue weighted by atomic mass is 15.0. The van der Waals surface area contributed by atoms with E-state index < -0.39 is 0 Å². The Hall–Kier alpha value is -4.82. The fourth-order valence-corrected chi connectivity index (χ4v) is 7.04. The molecule has 0 bridgehead atoms. The first-order valence-corrected chi connectivity index (χ1v) is 14.6. The molecule has 0 spiro atoms. The molecule has 2 heteroatoms. The SMILES string of the molecule is CC1(C)c2ccccc2-c2ccc(Nc3ccc(C4=Cc5c(n(-c6ccccc6)c6ccccc56)CC4)cc3)cc21. The van der Waals surface area contributed by atoms with Crippen molar-refractivity contribution in [2.75, 3.05) is 5.32 Å². The second-order valence-electron chi connectivity index (χ2n) is 11.9. The van der Waals surface area contributed by atoms with Gasteiger partial charge in [-0.25, -0.2) is 0 Å². The van der Waals surface area contributed by atoms with Gasteiger partial charge in [-0.1, -0.05) is 92.7 Å². The van der Waals surface area contributed by atoms with E-state index in [4.69, 9.17) is 0 Å². The van der Waals surface area contributed by atoms with Gasteiger partial charge in [0, 0.05) is 39.1 Å². The quantitative estimate of drug-likeness (QED) is 0.241. The van der Waals surface area contributed by atoms with Crippen LogP contribution < -0.4 is 5.32 Å². The fourth-order valence-electron chi connectivity index (χ4n) is 7.04. The second-order valence-corrected chi connectivity index (χ2v) is 11.9. The van der Waals surface area contributed by atoms with E-state index in [9.17, 15) is 0 Å². The van der Waals surface area contributed by atoms with Gasteiger partial charge in [-0.05, 0) is 94.8 Å². The molecule has 198 valence electrons. The van der Waals surface area contributed by atoms with Gasteiger partial charge in [0.2, 0.25) is 0 Å². The molecular weight excluding hydrogens is 496 g/mol. The van der Waals surface area contributed by atoms with Crippen LogP contribution in [0.2, 0.25) is 0 Å². The van der Waals surface area contributed by atoms with Crippen LogP contribution in [0.25, 0.3) is 39.4 Å². The lowest BCUT2D eigenvalue weighted by molar-refractivity contribution is 0.660. The van der Waals surface area contributed by atoms with E-state index in [2.05, 4.69) is 151 Å². The monoisotopic (exact) mass is 528 g/mol. The van der Waals surface area contributed by atoms with Crippen molar-refractivity contribution in [1.29, 1.82) is 0 Å². The van der Waals surface area contributed by atoms with Crippen LogP contribution in [0.5, 0.6) is 0 Å². The minimum atomic E-state index is 0.00339. The first-order valence-electron chi connectivity index (χ1n) is 14.6. The summed E-state index contributed by atoms with van der Waals surface area (Å²) in [5.41, 5.74) is 15.7. The molecule has 2 nitrogen and oxygen atoms in total. The van der Waals surface area contributed by atoms with Crippen LogP contribution in [0.3, 0.4) is 0 Å². The lowest BCUT2D eigenvalue weighted by atomic mass is 9.82. The average Bonchev–Trinajstić information content (AvgIpc) is 3.46. The van der Waals surface area contributed by atoms with Gasteiger partial charge >= 0.3 is 0 Å². The molecule has 1 heterocycles. The molecule has 0 radical (unpaired) electrons. The van der Waals surface area contributed by atoms with Crippen LogP contribution in [0.4, 0.5) is 11.4 Å². The number of aromatic nitrogens is 1. The first-order chi connectivity index (χ1) is 20.1. The van der Waals surface area contributed by atoms with Gasteiger partial charge in [0.05, 0.1) is 5.52 Å². The molecule has 0 aliphatic heterocycles. The smallest absolute Gasteiger partial charge is 0.0537 e. The van der Waals surface area contributed by atoms with Crippen molar-refractivity contribution in [3.8, 4) is 16.8 Å². The summed E-state index contributed by atoms with van der Waals surface area (Å²) in [6, 6.07) is 44.1. The van der Waals surface area contributed by atoms with Crippen molar-refractivity contribution in [3.63, 3.8) is 0 Å². The molecule has 0 atom stereocenters. The molecule has 5 aromatic carbocycles. The normalized spacial score (nSPS) is 14.7. The van der Waals surface area contributed by atoms with Gasteiger partial charge in [0.15, 0.2) is 0 Å². The van der Waals surface area contributed by atoms with Crippen molar-refractivity contribution in [2.45, 2.75) is 32.1 Å².